The molecule has 27 heavy (non-hydrogen) atoms. The zero-order valence-corrected chi connectivity index (χ0v) is 15.1. The van der Waals surface area contributed by atoms with Crippen LogP contribution < -0.4 is 15.2 Å². The van der Waals surface area contributed by atoms with Gasteiger partial charge >= 0.3 is 0 Å². The van der Waals surface area contributed by atoms with E-state index < -0.39 is 12.0 Å². The van der Waals surface area contributed by atoms with Crippen LogP contribution in [0.15, 0.2) is 53.2 Å². The molecular formula is C18H15N5O3S. The fourth-order valence-electron chi connectivity index (χ4n) is 2.37. The molecule has 0 saturated heterocycles. The van der Waals surface area contributed by atoms with Crippen molar-refractivity contribution in [3.63, 3.8) is 0 Å². The molecule has 1 amide bonds. The van der Waals surface area contributed by atoms with Crippen molar-refractivity contribution in [2.75, 3.05) is 0 Å². The van der Waals surface area contributed by atoms with Gasteiger partial charge in [-0.15, -0.1) is 15.3 Å². The van der Waals surface area contributed by atoms with Gasteiger partial charge in [0.2, 0.25) is 5.88 Å². The van der Waals surface area contributed by atoms with Gasteiger partial charge in [-0.2, -0.15) is 15.9 Å². The number of aromatic nitrogens is 4. The van der Waals surface area contributed by atoms with Crippen LogP contribution in [0.4, 0.5) is 0 Å². The van der Waals surface area contributed by atoms with E-state index in [9.17, 15) is 4.79 Å². The van der Waals surface area contributed by atoms with E-state index >= 15 is 0 Å². The minimum Gasteiger partial charge on any atom is -0.481 e. The highest BCUT2D eigenvalue weighted by Crippen LogP contribution is 2.25. The van der Waals surface area contributed by atoms with Crippen LogP contribution in [0.2, 0.25) is 0 Å². The lowest BCUT2D eigenvalue weighted by molar-refractivity contribution is -0.123. The SMILES string of the molecule is CC(Oc1ccc(Oc2ccc3nnc(-c4ccsc4)n3n2)cc1)C(N)=O. The van der Waals surface area contributed by atoms with Gasteiger partial charge in [0.05, 0.1) is 0 Å². The Balaban J connectivity index is 1.55. The van der Waals surface area contributed by atoms with Crippen molar-refractivity contribution in [1.82, 2.24) is 19.8 Å². The molecule has 4 aromatic rings. The highest BCUT2D eigenvalue weighted by molar-refractivity contribution is 7.08. The molecule has 1 unspecified atom stereocenters. The predicted molar refractivity (Wildman–Crippen MR) is 99.9 cm³/mol. The molecule has 3 heterocycles. The number of nitrogens with zero attached hydrogens (tertiary/aromatic N) is 4. The lowest BCUT2D eigenvalue weighted by Gasteiger charge is -2.11. The van der Waals surface area contributed by atoms with Gasteiger partial charge in [0.1, 0.15) is 11.5 Å². The second kappa shape index (κ2) is 7.04. The molecule has 0 spiro atoms. The number of carbonyl (C=O) groups excluding carboxylic acids is 1. The van der Waals surface area contributed by atoms with Crippen LogP contribution in [0.5, 0.6) is 17.4 Å². The van der Waals surface area contributed by atoms with Gasteiger partial charge in [0, 0.05) is 17.0 Å². The van der Waals surface area contributed by atoms with Gasteiger partial charge in [0.25, 0.3) is 5.91 Å². The molecule has 2 N–H and O–H groups in total. The van der Waals surface area contributed by atoms with Crippen molar-refractivity contribution >= 4 is 22.9 Å². The highest BCUT2D eigenvalue weighted by Gasteiger charge is 2.12. The summed E-state index contributed by atoms with van der Waals surface area (Å²) >= 11 is 1.58. The maximum absolute atomic E-state index is 11.1. The van der Waals surface area contributed by atoms with Crippen LogP contribution in [-0.2, 0) is 4.79 Å². The molecule has 1 aromatic carbocycles. The summed E-state index contributed by atoms with van der Waals surface area (Å²) in [6.07, 6.45) is -0.704. The van der Waals surface area contributed by atoms with Crippen LogP contribution in [-0.4, -0.2) is 31.8 Å². The standard InChI is InChI=1S/C18H15N5O3S/c1-11(17(19)24)25-13-2-4-14(5-3-13)26-16-7-6-15-20-21-18(23(15)22-16)12-8-9-27-10-12/h2-11H,1H3,(H2,19,24). The molecule has 0 aliphatic rings. The van der Waals surface area contributed by atoms with E-state index in [0.717, 1.165) is 5.56 Å². The molecule has 4 rings (SSSR count). The molecule has 0 fully saturated rings. The number of hydrogen-bond acceptors (Lipinski definition) is 7. The third-order valence-electron chi connectivity index (χ3n) is 3.78. The number of fused-ring (bicyclic) bond motifs is 1. The smallest absolute Gasteiger partial charge is 0.258 e. The van der Waals surface area contributed by atoms with Crippen molar-refractivity contribution in [1.29, 1.82) is 0 Å². The number of thiophene rings is 1. The normalized spacial score (nSPS) is 12.0. The van der Waals surface area contributed by atoms with E-state index in [0.29, 0.717) is 28.9 Å². The van der Waals surface area contributed by atoms with Crippen LogP contribution in [0, 0.1) is 0 Å². The molecule has 0 saturated carbocycles. The number of hydrogen-bond donors (Lipinski definition) is 1. The average Bonchev–Trinajstić information content (AvgIpc) is 3.32. The monoisotopic (exact) mass is 381 g/mol. The first kappa shape index (κ1) is 17.0. The number of nitrogens with two attached hydrogens (primary N) is 1. The van der Waals surface area contributed by atoms with Crippen molar-refractivity contribution < 1.29 is 14.3 Å². The number of amides is 1. The number of benzene rings is 1. The third-order valence-corrected chi connectivity index (χ3v) is 4.46. The Bertz CT molecular complexity index is 1080. The highest BCUT2D eigenvalue weighted by atomic mass is 32.1. The van der Waals surface area contributed by atoms with E-state index in [1.165, 1.54) is 0 Å². The zero-order chi connectivity index (χ0) is 18.8. The van der Waals surface area contributed by atoms with Crippen molar-refractivity contribution in [2.45, 2.75) is 13.0 Å². The number of ether oxygens (including phenoxy) is 2. The average molecular weight is 381 g/mol. The lowest BCUT2D eigenvalue weighted by Crippen LogP contribution is -2.30. The first-order valence-corrected chi connectivity index (χ1v) is 9.03. The summed E-state index contributed by atoms with van der Waals surface area (Å²) < 4.78 is 12.9. The third kappa shape index (κ3) is 3.58. The summed E-state index contributed by atoms with van der Waals surface area (Å²) in [5.74, 6) is 1.63. The topological polar surface area (TPSA) is 105 Å². The van der Waals surface area contributed by atoms with Gasteiger partial charge in [-0.3, -0.25) is 4.79 Å². The fraction of sp³-hybridized carbons (Fsp3) is 0.111. The Labute approximate surface area is 158 Å². The summed E-state index contributed by atoms with van der Waals surface area (Å²) in [6, 6.07) is 12.3. The minimum absolute atomic E-state index is 0.401. The lowest BCUT2D eigenvalue weighted by atomic mass is 10.3. The quantitative estimate of drug-likeness (QED) is 0.551. The summed E-state index contributed by atoms with van der Waals surface area (Å²) in [7, 11) is 0. The maximum atomic E-state index is 11.1. The van der Waals surface area contributed by atoms with Crippen molar-refractivity contribution in [3.05, 3.63) is 53.2 Å². The van der Waals surface area contributed by atoms with Gasteiger partial charge in [-0.05, 0) is 48.7 Å². The minimum atomic E-state index is -0.704. The molecule has 8 nitrogen and oxygen atoms in total. The molecule has 0 aliphatic heterocycles. The number of primary amides is 1. The Morgan fingerprint density at radius 3 is 2.59 bits per heavy atom. The maximum Gasteiger partial charge on any atom is 0.258 e. The van der Waals surface area contributed by atoms with E-state index in [4.69, 9.17) is 15.2 Å². The second-order valence-electron chi connectivity index (χ2n) is 5.71. The van der Waals surface area contributed by atoms with Crippen LogP contribution in [0.3, 0.4) is 0 Å². The van der Waals surface area contributed by atoms with Crippen molar-refractivity contribution in [2.24, 2.45) is 5.73 Å². The molecule has 3 aromatic heterocycles. The van der Waals surface area contributed by atoms with Gasteiger partial charge < -0.3 is 15.2 Å². The summed E-state index contributed by atoms with van der Waals surface area (Å²) in [6.45, 7) is 1.59. The van der Waals surface area contributed by atoms with Crippen LogP contribution >= 0.6 is 11.3 Å². The molecule has 136 valence electrons. The van der Waals surface area contributed by atoms with Gasteiger partial charge in [-0.25, -0.2) is 0 Å². The zero-order valence-electron chi connectivity index (χ0n) is 14.3. The predicted octanol–water partition coefficient (Wildman–Crippen LogP) is 2.90. The Morgan fingerprint density at radius 1 is 1.11 bits per heavy atom. The molecule has 0 radical (unpaired) electrons. The Hall–Kier alpha value is -3.46. The van der Waals surface area contributed by atoms with Gasteiger partial charge in [-0.1, -0.05) is 0 Å². The summed E-state index contributed by atoms with van der Waals surface area (Å²) in [5, 5.41) is 16.7. The first-order chi connectivity index (χ1) is 13.1. The van der Waals surface area contributed by atoms with Crippen molar-refractivity contribution in [3.8, 4) is 28.8 Å². The Kier molecular flexibility index (Phi) is 4.43. The first-order valence-electron chi connectivity index (χ1n) is 8.09. The fourth-order valence-corrected chi connectivity index (χ4v) is 3.00. The molecule has 1 atom stereocenters. The molecular weight excluding hydrogens is 366 g/mol. The van der Waals surface area contributed by atoms with E-state index in [-0.39, 0.29) is 0 Å². The molecule has 0 aliphatic carbocycles. The largest absolute Gasteiger partial charge is 0.481 e. The van der Waals surface area contributed by atoms with E-state index in [1.54, 1.807) is 59.2 Å². The van der Waals surface area contributed by atoms with Gasteiger partial charge in [0.15, 0.2) is 17.6 Å². The Morgan fingerprint density at radius 2 is 1.89 bits per heavy atom. The summed E-state index contributed by atoms with van der Waals surface area (Å²) in [4.78, 5) is 11.1. The number of carbonyl (C=O) groups is 1. The second-order valence-corrected chi connectivity index (χ2v) is 6.49. The summed E-state index contributed by atoms with van der Waals surface area (Å²) in [5.41, 5.74) is 6.77. The number of rotatable bonds is 6. The van der Waals surface area contributed by atoms with E-state index in [2.05, 4.69) is 15.3 Å². The van der Waals surface area contributed by atoms with Crippen LogP contribution in [0.25, 0.3) is 17.0 Å². The molecule has 9 heteroatoms. The van der Waals surface area contributed by atoms with Crippen LogP contribution in [0.1, 0.15) is 6.92 Å². The molecule has 0 bridgehead atoms. The van der Waals surface area contributed by atoms with E-state index in [1.807, 2.05) is 16.8 Å².